The number of nitrogens with two attached hydrogens (primary N) is 1. The molecule has 0 heterocycles. The van der Waals surface area contributed by atoms with Gasteiger partial charge in [-0.1, -0.05) is 18.2 Å². The molecule has 0 fully saturated rings. The van der Waals surface area contributed by atoms with E-state index in [-0.39, 0.29) is 12.5 Å². The minimum atomic E-state index is -0.100. The molecular weight excluding hydrogens is 244 g/mol. The van der Waals surface area contributed by atoms with Crippen molar-refractivity contribution < 1.29 is 14.3 Å². The summed E-state index contributed by atoms with van der Waals surface area (Å²) in [6.45, 7) is 2.21. The second kappa shape index (κ2) is 10.3. The highest BCUT2D eigenvalue weighted by Gasteiger charge is 2.00. The van der Waals surface area contributed by atoms with Crippen LogP contribution in [0.1, 0.15) is 12.8 Å². The number of ether oxygens (including phenoxy) is 2. The molecule has 5 heteroatoms. The van der Waals surface area contributed by atoms with Crippen LogP contribution in [0.5, 0.6) is 5.75 Å². The molecule has 0 saturated carbocycles. The normalized spacial score (nSPS) is 10.2. The van der Waals surface area contributed by atoms with Gasteiger partial charge in [0.1, 0.15) is 19.0 Å². The maximum atomic E-state index is 11.3. The predicted molar refractivity (Wildman–Crippen MR) is 74.1 cm³/mol. The fourth-order valence-corrected chi connectivity index (χ4v) is 1.45. The van der Waals surface area contributed by atoms with E-state index in [1.165, 1.54) is 0 Å². The maximum Gasteiger partial charge on any atom is 0.246 e. The molecule has 0 aliphatic carbocycles. The molecule has 0 bridgehead atoms. The Hall–Kier alpha value is -1.59. The Bertz CT molecular complexity index is 344. The van der Waals surface area contributed by atoms with Gasteiger partial charge in [-0.25, -0.2) is 0 Å². The first kappa shape index (κ1) is 15.5. The molecule has 0 atom stereocenters. The molecule has 19 heavy (non-hydrogen) atoms. The van der Waals surface area contributed by atoms with E-state index in [2.05, 4.69) is 5.32 Å². The molecule has 5 nitrogen and oxygen atoms in total. The van der Waals surface area contributed by atoms with E-state index in [1.54, 1.807) is 0 Å². The molecule has 1 aromatic carbocycles. The van der Waals surface area contributed by atoms with Crippen LogP contribution in [0.4, 0.5) is 0 Å². The molecule has 0 spiro atoms. The highest BCUT2D eigenvalue weighted by molar-refractivity contribution is 5.77. The summed E-state index contributed by atoms with van der Waals surface area (Å²) in [6.07, 6.45) is 1.82. The fraction of sp³-hybridized carbons (Fsp3) is 0.500. The number of carbonyl (C=O) groups excluding carboxylic acids is 1. The van der Waals surface area contributed by atoms with Gasteiger partial charge in [-0.2, -0.15) is 0 Å². The van der Waals surface area contributed by atoms with Crippen molar-refractivity contribution >= 4 is 5.91 Å². The van der Waals surface area contributed by atoms with Crippen molar-refractivity contribution in [3.63, 3.8) is 0 Å². The molecule has 1 aromatic rings. The average Bonchev–Trinajstić information content (AvgIpc) is 2.44. The number of unbranched alkanes of at least 4 members (excludes halogenated alkanes) is 1. The molecule has 0 aliphatic rings. The van der Waals surface area contributed by atoms with E-state index in [9.17, 15) is 4.79 Å². The topological polar surface area (TPSA) is 73.6 Å². The van der Waals surface area contributed by atoms with E-state index >= 15 is 0 Å². The van der Waals surface area contributed by atoms with Crippen molar-refractivity contribution in [3.8, 4) is 5.75 Å². The Balaban J connectivity index is 1.94. The minimum absolute atomic E-state index is 0.0702. The van der Waals surface area contributed by atoms with Crippen molar-refractivity contribution in [1.82, 2.24) is 5.32 Å². The molecule has 0 aliphatic heterocycles. The van der Waals surface area contributed by atoms with Gasteiger partial charge in [-0.3, -0.25) is 4.79 Å². The average molecular weight is 266 g/mol. The van der Waals surface area contributed by atoms with Gasteiger partial charge in [0.2, 0.25) is 5.91 Å². The summed E-state index contributed by atoms with van der Waals surface area (Å²) in [7, 11) is 0. The van der Waals surface area contributed by atoms with Gasteiger partial charge in [-0.15, -0.1) is 0 Å². The minimum Gasteiger partial charge on any atom is -0.491 e. The lowest BCUT2D eigenvalue weighted by molar-refractivity contribution is -0.125. The van der Waals surface area contributed by atoms with Crippen LogP contribution in [0.15, 0.2) is 30.3 Å². The van der Waals surface area contributed by atoms with Crippen LogP contribution >= 0.6 is 0 Å². The zero-order valence-electron chi connectivity index (χ0n) is 11.1. The monoisotopic (exact) mass is 266 g/mol. The van der Waals surface area contributed by atoms with Crippen LogP contribution in [-0.2, 0) is 9.53 Å². The number of para-hydroxylation sites is 1. The SMILES string of the molecule is NCCCCNC(=O)COCCOc1ccccc1. The Morgan fingerprint density at radius 3 is 2.68 bits per heavy atom. The number of hydrogen-bond acceptors (Lipinski definition) is 4. The van der Waals surface area contributed by atoms with Crippen LogP contribution in [0.2, 0.25) is 0 Å². The molecule has 1 amide bonds. The Morgan fingerprint density at radius 2 is 1.95 bits per heavy atom. The molecule has 1 rings (SSSR count). The summed E-state index contributed by atoms with van der Waals surface area (Å²) in [5.74, 6) is 0.703. The standard InChI is InChI=1S/C14H22N2O3/c15-8-4-5-9-16-14(17)12-18-10-11-19-13-6-2-1-3-7-13/h1-3,6-7H,4-5,8-12,15H2,(H,16,17). The largest absolute Gasteiger partial charge is 0.491 e. The lowest BCUT2D eigenvalue weighted by Gasteiger charge is -2.07. The van der Waals surface area contributed by atoms with E-state index < -0.39 is 0 Å². The molecule has 0 saturated heterocycles. The van der Waals surface area contributed by atoms with Gasteiger partial charge in [0.25, 0.3) is 0 Å². The lowest BCUT2D eigenvalue weighted by Crippen LogP contribution is -2.29. The van der Waals surface area contributed by atoms with Gasteiger partial charge in [-0.05, 0) is 31.5 Å². The van der Waals surface area contributed by atoms with Gasteiger partial charge in [0.15, 0.2) is 0 Å². The first-order valence-corrected chi connectivity index (χ1v) is 6.55. The van der Waals surface area contributed by atoms with E-state index in [1.807, 2.05) is 30.3 Å². The van der Waals surface area contributed by atoms with Crippen LogP contribution in [0.3, 0.4) is 0 Å². The number of rotatable bonds is 10. The zero-order valence-corrected chi connectivity index (χ0v) is 11.1. The van der Waals surface area contributed by atoms with Crippen LogP contribution in [-0.4, -0.2) is 38.8 Å². The molecule has 0 unspecified atom stereocenters. The van der Waals surface area contributed by atoms with Crippen LogP contribution in [0.25, 0.3) is 0 Å². The van der Waals surface area contributed by atoms with Gasteiger partial charge in [0.05, 0.1) is 6.61 Å². The first-order valence-electron chi connectivity index (χ1n) is 6.55. The Labute approximate surface area is 114 Å². The highest BCUT2D eigenvalue weighted by Crippen LogP contribution is 2.07. The van der Waals surface area contributed by atoms with Crippen molar-refractivity contribution in [1.29, 1.82) is 0 Å². The summed E-state index contributed by atoms with van der Waals surface area (Å²) >= 11 is 0. The van der Waals surface area contributed by atoms with Crippen molar-refractivity contribution in [2.75, 3.05) is 32.9 Å². The molecule has 0 radical (unpaired) electrons. The number of benzene rings is 1. The second-order valence-corrected chi connectivity index (χ2v) is 4.06. The number of amides is 1. The Morgan fingerprint density at radius 1 is 1.16 bits per heavy atom. The molecule has 3 N–H and O–H groups in total. The number of carbonyl (C=O) groups is 1. The summed E-state index contributed by atoms with van der Waals surface area (Å²) in [6, 6.07) is 9.50. The predicted octanol–water partition coefficient (Wildman–Crippen LogP) is 0.937. The quantitative estimate of drug-likeness (QED) is 0.618. The molecule has 106 valence electrons. The smallest absolute Gasteiger partial charge is 0.246 e. The molecule has 0 aromatic heterocycles. The number of nitrogens with one attached hydrogen (secondary N) is 1. The van der Waals surface area contributed by atoms with Crippen molar-refractivity contribution in [2.45, 2.75) is 12.8 Å². The van der Waals surface area contributed by atoms with Gasteiger partial charge >= 0.3 is 0 Å². The Kier molecular flexibility index (Phi) is 8.42. The third-order valence-corrected chi connectivity index (χ3v) is 2.43. The fourth-order valence-electron chi connectivity index (χ4n) is 1.45. The maximum absolute atomic E-state index is 11.3. The summed E-state index contributed by atoms with van der Waals surface area (Å²) < 4.78 is 10.6. The third-order valence-electron chi connectivity index (χ3n) is 2.43. The van der Waals surface area contributed by atoms with E-state index in [0.717, 1.165) is 18.6 Å². The summed E-state index contributed by atoms with van der Waals surface area (Å²) in [5, 5.41) is 2.77. The number of hydrogen-bond donors (Lipinski definition) is 2. The van der Waals surface area contributed by atoms with Gasteiger partial charge in [0, 0.05) is 6.54 Å². The first-order chi connectivity index (χ1) is 9.33. The van der Waals surface area contributed by atoms with Crippen molar-refractivity contribution in [2.24, 2.45) is 5.73 Å². The van der Waals surface area contributed by atoms with Crippen molar-refractivity contribution in [3.05, 3.63) is 30.3 Å². The van der Waals surface area contributed by atoms with Crippen LogP contribution in [0, 0.1) is 0 Å². The third kappa shape index (κ3) is 8.18. The molecular formula is C14H22N2O3. The highest BCUT2D eigenvalue weighted by atomic mass is 16.5. The lowest BCUT2D eigenvalue weighted by atomic mass is 10.3. The zero-order chi connectivity index (χ0) is 13.8. The van der Waals surface area contributed by atoms with E-state index in [0.29, 0.717) is 26.3 Å². The van der Waals surface area contributed by atoms with Gasteiger partial charge < -0.3 is 20.5 Å². The summed E-state index contributed by atoms with van der Waals surface area (Å²) in [5.41, 5.74) is 5.36. The summed E-state index contributed by atoms with van der Waals surface area (Å²) in [4.78, 5) is 11.3. The van der Waals surface area contributed by atoms with E-state index in [4.69, 9.17) is 15.2 Å². The second-order valence-electron chi connectivity index (χ2n) is 4.06. The van der Waals surface area contributed by atoms with Crippen LogP contribution < -0.4 is 15.8 Å².